The van der Waals surface area contributed by atoms with E-state index in [0.717, 1.165) is 21.6 Å². The molecule has 0 fully saturated rings. The smallest absolute Gasteiger partial charge is 0.243 e. The van der Waals surface area contributed by atoms with Crippen LogP contribution >= 0.6 is 11.3 Å². The van der Waals surface area contributed by atoms with Crippen LogP contribution in [0.2, 0.25) is 0 Å². The Bertz CT molecular complexity index is 1120. The van der Waals surface area contributed by atoms with Crippen LogP contribution < -0.4 is 5.32 Å². The summed E-state index contributed by atoms with van der Waals surface area (Å²) in [5, 5.41) is 4.90. The number of hydrogen-bond donors (Lipinski definition) is 1. The summed E-state index contributed by atoms with van der Waals surface area (Å²) in [5.41, 5.74) is 3.01. The largest absolute Gasteiger partial charge is 0.351 e. The van der Waals surface area contributed by atoms with Gasteiger partial charge in [0, 0.05) is 17.8 Å². The van der Waals surface area contributed by atoms with Crippen molar-refractivity contribution in [1.82, 2.24) is 9.62 Å². The third-order valence-electron chi connectivity index (χ3n) is 5.41. The molecule has 30 heavy (non-hydrogen) atoms. The monoisotopic (exact) mass is 440 g/mol. The van der Waals surface area contributed by atoms with Crippen LogP contribution in [-0.4, -0.2) is 25.2 Å². The molecular formula is C23H24N2O3S2. The molecule has 4 rings (SSSR count). The Kier molecular flexibility index (Phi) is 6.04. The van der Waals surface area contributed by atoms with Crippen molar-refractivity contribution in [2.24, 2.45) is 0 Å². The van der Waals surface area contributed by atoms with Gasteiger partial charge in [0.15, 0.2) is 0 Å². The zero-order valence-corrected chi connectivity index (χ0v) is 18.4. The lowest BCUT2D eigenvalue weighted by Crippen LogP contribution is -2.42. The lowest BCUT2D eigenvalue weighted by Gasteiger charge is -2.36. The minimum Gasteiger partial charge on any atom is -0.351 e. The molecule has 0 aliphatic carbocycles. The molecule has 156 valence electrons. The number of benzene rings is 2. The number of hydrogen-bond acceptors (Lipinski definition) is 4. The van der Waals surface area contributed by atoms with Gasteiger partial charge in [-0.3, -0.25) is 4.79 Å². The molecule has 1 aromatic heterocycles. The predicted octanol–water partition coefficient (Wildman–Crippen LogP) is 4.05. The zero-order chi connectivity index (χ0) is 21.1. The normalized spacial score (nSPS) is 16.8. The van der Waals surface area contributed by atoms with E-state index in [0.29, 0.717) is 19.5 Å². The molecule has 7 heteroatoms. The summed E-state index contributed by atoms with van der Waals surface area (Å²) >= 11 is 1.58. The van der Waals surface area contributed by atoms with Crippen LogP contribution in [0, 0.1) is 6.92 Å². The summed E-state index contributed by atoms with van der Waals surface area (Å²) in [6.45, 7) is 2.74. The van der Waals surface area contributed by atoms with Gasteiger partial charge in [-0.15, -0.1) is 11.3 Å². The summed E-state index contributed by atoms with van der Waals surface area (Å²) in [5.74, 6) is -0.158. The second-order valence-electron chi connectivity index (χ2n) is 7.45. The zero-order valence-electron chi connectivity index (χ0n) is 16.7. The lowest BCUT2D eigenvalue weighted by atomic mass is 9.92. The fourth-order valence-electron chi connectivity index (χ4n) is 3.82. The fourth-order valence-corrected chi connectivity index (χ4v) is 6.07. The topological polar surface area (TPSA) is 66.5 Å². The average Bonchev–Trinajstić information content (AvgIpc) is 3.26. The Morgan fingerprint density at radius 3 is 2.60 bits per heavy atom. The van der Waals surface area contributed by atoms with E-state index in [2.05, 4.69) is 5.32 Å². The molecule has 0 bridgehead atoms. The number of amides is 1. The number of sulfonamides is 1. The van der Waals surface area contributed by atoms with Crippen molar-refractivity contribution in [3.05, 3.63) is 87.6 Å². The minimum absolute atomic E-state index is 0.0908. The van der Waals surface area contributed by atoms with Gasteiger partial charge in [0.1, 0.15) is 0 Å². The highest BCUT2D eigenvalue weighted by atomic mass is 32.2. The summed E-state index contributed by atoms with van der Waals surface area (Å²) in [6.07, 6.45) is 0.724. The third kappa shape index (κ3) is 4.33. The fraction of sp³-hybridized carbons (Fsp3) is 0.261. The Labute approximate surface area is 181 Å². The van der Waals surface area contributed by atoms with Gasteiger partial charge >= 0.3 is 0 Å². The van der Waals surface area contributed by atoms with E-state index in [1.807, 2.05) is 48.7 Å². The van der Waals surface area contributed by atoms with Crippen molar-refractivity contribution < 1.29 is 13.2 Å². The van der Waals surface area contributed by atoms with Crippen LogP contribution in [-0.2, 0) is 27.8 Å². The summed E-state index contributed by atoms with van der Waals surface area (Å²) < 4.78 is 28.4. The molecule has 1 atom stereocenters. The van der Waals surface area contributed by atoms with E-state index < -0.39 is 16.1 Å². The molecular weight excluding hydrogens is 416 g/mol. The summed E-state index contributed by atoms with van der Waals surface area (Å²) in [4.78, 5) is 14.1. The van der Waals surface area contributed by atoms with E-state index in [9.17, 15) is 13.2 Å². The van der Waals surface area contributed by atoms with Gasteiger partial charge in [0.2, 0.25) is 15.9 Å². The van der Waals surface area contributed by atoms with Gasteiger partial charge in [-0.1, -0.05) is 48.0 Å². The van der Waals surface area contributed by atoms with Gasteiger partial charge in [-0.2, -0.15) is 4.31 Å². The summed E-state index contributed by atoms with van der Waals surface area (Å²) in [7, 11) is -3.72. The van der Waals surface area contributed by atoms with Crippen LogP contribution in [0.25, 0.3) is 0 Å². The molecule has 2 heterocycles. The maximum absolute atomic E-state index is 13.4. The SMILES string of the molecule is Cc1ccc(S(=O)(=O)N2CCc3ccccc3[C@@H]2CC(=O)NCc2cccs2)cc1. The molecule has 1 aliphatic heterocycles. The first kappa shape index (κ1) is 20.8. The number of rotatable bonds is 6. The molecule has 0 spiro atoms. The maximum Gasteiger partial charge on any atom is 0.243 e. The molecule has 3 aromatic rings. The van der Waals surface area contributed by atoms with Crippen molar-refractivity contribution >= 4 is 27.3 Å². The maximum atomic E-state index is 13.4. The van der Waals surface area contributed by atoms with Crippen LogP contribution in [0.1, 0.15) is 34.0 Å². The Hall–Kier alpha value is -2.48. The summed E-state index contributed by atoms with van der Waals surface area (Å²) in [6, 6.07) is 18.1. The molecule has 1 N–H and O–H groups in total. The van der Waals surface area contributed by atoms with Crippen molar-refractivity contribution in [1.29, 1.82) is 0 Å². The lowest BCUT2D eigenvalue weighted by molar-refractivity contribution is -0.122. The Morgan fingerprint density at radius 2 is 1.87 bits per heavy atom. The van der Waals surface area contributed by atoms with Gasteiger partial charge in [-0.25, -0.2) is 8.42 Å². The first-order valence-corrected chi connectivity index (χ1v) is 12.2. The highest BCUT2D eigenvalue weighted by Crippen LogP contribution is 2.36. The standard InChI is InChI=1S/C23H24N2O3S2/c1-17-8-10-20(11-9-17)30(27,28)25-13-12-18-5-2-3-7-21(18)22(25)15-23(26)24-16-19-6-4-14-29-19/h2-11,14,22H,12-13,15-16H2,1H3,(H,24,26)/t22-/m0/s1. The number of aryl methyl sites for hydroxylation is 1. The number of thiophene rings is 1. The first-order chi connectivity index (χ1) is 14.4. The quantitative estimate of drug-likeness (QED) is 0.629. The highest BCUT2D eigenvalue weighted by molar-refractivity contribution is 7.89. The number of carbonyl (C=O) groups excluding carboxylic acids is 1. The number of nitrogens with one attached hydrogen (secondary N) is 1. The second-order valence-corrected chi connectivity index (χ2v) is 10.4. The number of carbonyl (C=O) groups is 1. The van der Waals surface area contributed by atoms with Crippen molar-refractivity contribution in [3.8, 4) is 0 Å². The van der Waals surface area contributed by atoms with Gasteiger partial charge in [0.25, 0.3) is 0 Å². The van der Waals surface area contributed by atoms with Crippen molar-refractivity contribution in [3.63, 3.8) is 0 Å². The van der Waals surface area contributed by atoms with Gasteiger partial charge in [0.05, 0.1) is 17.5 Å². The van der Waals surface area contributed by atoms with E-state index in [-0.39, 0.29) is 17.2 Å². The van der Waals surface area contributed by atoms with E-state index in [4.69, 9.17) is 0 Å². The molecule has 5 nitrogen and oxygen atoms in total. The molecule has 0 saturated carbocycles. The second kappa shape index (κ2) is 8.71. The molecule has 1 aliphatic rings. The van der Waals surface area contributed by atoms with E-state index >= 15 is 0 Å². The minimum atomic E-state index is -3.72. The molecule has 1 amide bonds. The van der Waals surface area contributed by atoms with Crippen LogP contribution in [0.3, 0.4) is 0 Å². The number of fused-ring (bicyclic) bond motifs is 1. The van der Waals surface area contributed by atoms with Crippen LogP contribution in [0.4, 0.5) is 0 Å². The number of nitrogens with zero attached hydrogens (tertiary/aromatic N) is 1. The van der Waals surface area contributed by atoms with Crippen molar-refractivity contribution in [2.75, 3.05) is 6.54 Å². The van der Waals surface area contributed by atoms with Gasteiger partial charge in [-0.05, 0) is 48.1 Å². The molecule has 2 aromatic carbocycles. The van der Waals surface area contributed by atoms with Crippen LogP contribution in [0.15, 0.2) is 70.9 Å². The van der Waals surface area contributed by atoms with Crippen LogP contribution in [0.5, 0.6) is 0 Å². The van der Waals surface area contributed by atoms with Crippen molar-refractivity contribution in [2.45, 2.75) is 37.2 Å². The molecule has 0 unspecified atom stereocenters. The van der Waals surface area contributed by atoms with E-state index in [1.54, 1.807) is 35.6 Å². The van der Waals surface area contributed by atoms with Gasteiger partial charge < -0.3 is 5.32 Å². The first-order valence-electron chi connectivity index (χ1n) is 9.90. The van der Waals surface area contributed by atoms with E-state index in [1.165, 1.54) is 4.31 Å². The Morgan fingerprint density at radius 1 is 1.10 bits per heavy atom. The highest BCUT2D eigenvalue weighted by Gasteiger charge is 2.37. The Balaban J connectivity index is 1.62. The third-order valence-corrected chi connectivity index (χ3v) is 8.21. The average molecular weight is 441 g/mol. The molecule has 0 saturated heterocycles. The predicted molar refractivity (Wildman–Crippen MR) is 119 cm³/mol. The molecule has 0 radical (unpaired) electrons.